The maximum atomic E-state index is 9.39. The fourth-order valence-corrected chi connectivity index (χ4v) is 3.23. The third-order valence-corrected chi connectivity index (χ3v) is 4.87. The minimum absolute atomic E-state index is 0.136. The molecule has 0 aliphatic heterocycles. The number of aromatic nitrogens is 3. The molecule has 1 aromatic carbocycles. The summed E-state index contributed by atoms with van der Waals surface area (Å²) in [5, 5.41) is 18.6. The van der Waals surface area contributed by atoms with Crippen molar-refractivity contribution in [1.82, 2.24) is 14.8 Å². The first-order valence-corrected chi connectivity index (χ1v) is 8.06. The van der Waals surface area contributed by atoms with E-state index in [1.54, 1.807) is 0 Å². The molecule has 3 rings (SSSR count). The van der Waals surface area contributed by atoms with Crippen LogP contribution in [0.4, 0.5) is 0 Å². The Kier molecular flexibility index (Phi) is 3.98. The van der Waals surface area contributed by atoms with Crippen molar-refractivity contribution in [2.24, 2.45) is 7.05 Å². The van der Waals surface area contributed by atoms with Crippen molar-refractivity contribution in [2.45, 2.75) is 42.5 Å². The van der Waals surface area contributed by atoms with E-state index in [-0.39, 0.29) is 5.25 Å². The molecule has 2 aromatic rings. The molecule has 1 aliphatic rings. The first-order chi connectivity index (χ1) is 10.2. The summed E-state index contributed by atoms with van der Waals surface area (Å²) < 4.78 is 2.04. The van der Waals surface area contributed by atoms with Crippen LogP contribution in [0.5, 0.6) is 0 Å². The molecule has 0 saturated heterocycles. The fraction of sp³-hybridized carbons (Fsp3) is 0.438. The van der Waals surface area contributed by atoms with Gasteiger partial charge in [0.1, 0.15) is 11.1 Å². The summed E-state index contributed by atoms with van der Waals surface area (Å²) in [5.41, 5.74) is 2.42. The van der Waals surface area contributed by atoms with Gasteiger partial charge in [0.05, 0.1) is 6.07 Å². The zero-order valence-corrected chi connectivity index (χ0v) is 13.1. The van der Waals surface area contributed by atoms with Gasteiger partial charge in [0.2, 0.25) is 0 Å². The van der Waals surface area contributed by atoms with Crippen LogP contribution < -0.4 is 0 Å². The summed E-state index contributed by atoms with van der Waals surface area (Å²) in [7, 11) is 2.00. The molecule has 0 bridgehead atoms. The standard InChI is InChI=1S/C16H18N4S/c1-11-3-5-12(6-4-11)9-14(10-17)21-16-19-18-15(20(16)2)13-7-8-13/h3-6,13-14H,7-9H2,1-2H3. The van der Waals surface area contributed by atoms with Crippen molar-refractivity contribution < 1.29 is 0 Å². The van der Waals surface area contributed by atoms with Gasteiger partial charge in [0.25, 0.3) is 0 Å². The molecule has 1 unspecified atom stereocenters. The number of nitriles is 1. The fourth-order valence-electron chi connectivity index (χ4n) is 2.30. The molecule has 4 nitrogen and oxygen atoms in total. The SMILES string of the molecule is Cc1ccc(CC(C#N)Sc2nnc(C3CC3)n2C)cc1. The number of aryl methyl sites for hydroxylation is 1. The van der Waals surface area contributed by atoms with E-state index in [4.69, 9.17) is 0 Å². The zero-order valence-electron chi connectivity index (χ0n) is 12.3. The second kappa shape index (κ2) is 5.90. The number of nitrogens with zero attached hydrogens (tertiary/aromatic N) is 4. The molecule has 0 amide bonds. The van der Waals surface area contributed by atoms with Crippen LogP contribution in [-0.4, -0.2) is 20.0 Å². The highest BCUT2D eigenvalue weighted by molar-refractivity contribution is 8.00. The smallest absolute Gasteiger partial charge is 0.192 e. The molecule has 1 saturated carbocycles. The zero-order chi connectivity index (χ0) is 14.8. The molecule has 0 radical (unpaired) electrons. The van der Waals surface area contributed by atoms with E-state index in [9.17, 15) is 5.26 Å². The Labute approximate surface area is 129 Å². The lowest BCUT2D eigenvalue weighted by Crippen LogP contribution is -2.06. The molecule has 1 heterocycles. The van der Waals surface area contributed by atoms with Crippen molar-refractivity contribution in [3.8, 4) is 6.07 Å². The highest BCUT2D eigenvalue weighted by Crippen LogP contribution is 2.39. The Morgan fingerprint density at radius 2 is 2.05 bits per heavy atom. The van der Waals surface area contributed by atoms with Crippen LogP contribution in [0.15, 0.2) is 29.4 Å². The van der Waals surface area contributed by atoms with E-state index < -0.39 is 0 Å². The second-order valence-corrected chi connectivity index (χ2v) is 6.77. The van der Waals surface area contributed by atoms with E-state index in [0.29, 0.717) is 5.92 Å². The van der Waals surface area contributed by atoms with Crippen LogP contribution in [0.25, 0.3) is 0 Å². The molecular formula is C16H18N4S. The summed E-state index contributed by atoms with van der Waals surface area (Å²) in [5.74, 6) is 1.64. The third-order valence-electron chi connectivity index (χ3n) is 3.74. The third kappa shape index (κ3) is 3.27. The van der Waals surface area contributed by atoms with Gasteiger partial charge >= 0.3 is 0 Å². The summed E-state index contributed by atoms with van der Waals surface area (Å²) >= 11 is 1.51. The van der Waals surface area contributed by atoms with Crippen LogP contribution in [0.2, 0.25) is 0 Å². The van der Waals surface area contributed by atoms with Crippen LogP contribution in [0.1, 0.15) is 35.7 Å². The molecule has 5 heteroatoms. The van der Waals surface area contributed by atoms with Gasteiger partial charge in [-0.1, -0.05) is 41.6 Å². The van der Waals surface area contributed by atoms with Crippen LogP contribution in [0.3, 0.4) is 0 Å². The van der Waals surface area contributed by atoms with Gasteiger partial charge in [0.15, 0.2) is 5.16 Å². The van der Waals surface area contributed by atoms with Crippen molar-refractivity contribution >= 4 is 11.8 Å². The van der Waals surface area contributed by atoms with Crippen molar-refractivity contribution in [2.75, 3.05) is 0 Å². The number of hydrogen-bond donors (Lipinski definition) is 0. The van der Waals surface area contributed by atoms with Gasteiger partial charge < -0.3 is 4.57 Å². The van der Waals surface area contributed by atoms with Gasteiger partial charge in [-0.05, 0) is 31.7 Å². The summed E-state index contributed by atoms with van der Waals surface area (Å²) in [4.78, 5) is 0. The summed E-state index contributed by atoms with van der Waals surface area (Å²) in [6.45, 7) is 2.07. The first-order valence-electron chi connectivity index (χ1n) is 7.18. The van der Waals surface area contributed by atoms with Crippen LogP contribution in [-0.2, 0) is 13.5 Å². The topological polar surface area (TPSA) is 54.5 Å². The number of rotatable bonds is 5. The predicted octanol–water partition coefficient (Wildman–Crippen LogP) is 3.23. The quantitative estimate of drug-likeness (QED) is 0.795. The molecule has 1 fully saturated rings. The molecule has 1 atom stereocenters. The first kappa shape index (κ1) is 14.2. The molecule has 0 spiro atoms. The molecule has 0 N–H and O–H groups in total. The van der Waals surface area contributed by atoms with Gasteiger partial charge in [-0.25, -0.2) is 0 Å². The van der Waals surface area contributed by atoms with E-state index in [1.165, 1.54) is 35.7 Å². The normalized spacial score (nSPS) is 15.7. The van der Waals surface area contributed by atoms with Gasteiger partial charge in [-0.2, -0.15) is 5.26 Å². The average molecular weight is 298 g/mol. The number of thioether (sulfide) groups is 1. The average Bonchev–Trinajstić information content (AvgIpc) is 3.26. The highest BCUT2D eigenvalue weighted by Gasteiger charge is 2.29. The minimum Gasteiger partial charge on any atom is -0.309 e. The van der Waals surface area contributed by atoms with E-state index in [2.05, 4.69) is 47.5 Å². The monoisotopic (exact) mass is 298 g/mol. The van der Waals surface area contributed by atoms with Gasteiger partial charge in [0, 0.05) is 13.0 Å². The molecule has 1 aromatic heterocycles. The Morgan fingerprint density at radius 1 is 1.33 bits per heavy atom. The molecule has 1 aliphatic carbocycles. The van der Waals surface area contributed by atoms with Crippen molar-refractivity contribution in [3.63, 3.8) is 0 Å². The number of hydrogen-bond acceptors (Lipinski definition) is 4. The maximum Gasteiger partial charge on any atom is 0.192 e. The van der Waals surface area contributed by atoms with Gasteiger partial charge in [-0.3, -0.25) is 0 Å². The van der Waals surface area contributed by atoms with Crippen molar-refractivity contribution in [3.05, 3.63) is 41.2 Å². The Balaban J connectivity index is 1.69. The van der Waals surface area contributed by atoms with Crippen molar-refractivity contribution in [1.29, 1.82) is 5.26 Å². The summed E-state index contributed by atoms with van der Waals surface area (Å²) in [6, 6.07) is 10.7. The lowest BCUT2D eigenvalue weighted by Gasteiger charge is -2.09. The summed E-state index contributed by atoms with van der Waals surface area (Å²) in [6.07, 6.45) is 3.15. The van der Waals surface area contributed by atoms with E-state index in [1.807, 2.05) is 11.6 Å². The molecule has 21 heavy (non-hydrogen) atoms. The second-order valence-electron chi connectivity index (χ2n) is 5.60. The molecular weight excluding hydrogens is 280 g/mol. The lowest BCUT2D eigenvalue weighted by molar-refractivity contribution is 0.735. The van der Waals surface area contributed by atoms with Crippen LogP contribution in [0, 0.1) is 18.3 Å². The van der Waals surface area contributed by atoms with Crippen LogP contribution >= 0.6 is 11.8 Å². The predicted molar refractivity (Wildman–Crippen MR) is 83.1 cm³/mol. The maximum absolute atomic E-state index is 9.39. The lowest BCUT2D eigenvalue weighted by atomic mass is 10.1. The Hall–Kier alpha value is -1.80. The largest absolute Gasteiger partial charge is 0.309 e. The minimum atomic E-state index is -0.136. The van der Waals surface area contributed by atoms with Gasteiger partial charge in [-0.15, -0.1) is 10.2 Å². The molecule has 108 valence electrons. The van der Waals surface area contributed by atoms with E-state index in [0.717, 1.165) is 17.4 Å². The Morgan fingerprint density at radius 3 is 2.67 bits per heavy atom. The highest BCUT2D eigenvalue weighted by atomic mass is 32.2. The van der Waals surface area contributed by atoms with E-state index >= 15 is 0 Å². The number of benzene rings is 1. The Bertz CT molecular complexity index is 665.